The van der Waals surface area contributed by atoms with E-state index >= 15 is 0 Å². The SMILES string of the molecule is CN=C(NCCc1nc2ccccc2[nH]1)N(C)CC1CCOC1.I. The number of nitrogens with zero attached hydrogens (tertiary/aromatic N) is 3. The first-order valence-electron chi connectivity index (χ1n) is 8.19. The van der Waals surface area contributed by atoms with Gasteiger partial charge in [-0.3, -0.25) is 4.99 Å². The zero-order chi connectivity index (χ0) is 16.1. The summed E-state index contributed by atoms with van der Waals surface area (Å²) in [4.78, 5) is 14.5. The van der Waals surface area contributed by atoms with Crippen molar-refractivity contribution in [2.24, 2.45) is 10.9 Å². The van der Waals surface area contributed by atoms with Gasteiger partial charge in [0.05, 0.1) is 17.6 Å². The molecular weight excluding hydrogens is 417 g/mol. The van der Waals surface area contributed by atoms with Gasteiger partial charge in [0.2, 0.25) is 0 Å². The largest absolute Gasteiger partial charge is 0.381 e. The molecule has 132 valence electrons. The van der Waals surface area contributed by atoms with E-state index in [1.807, 2.05) is 25.2 Å². The number of para-hydroxylation sites is 2. The second-order valence-corrected chi connectivity index (χ2v) is 6.03. The average molecular weight is 443 g/mol. The van der Waals surface area contributed by atoms with Gasteiger partial charge in [-0.15, -0.1) is 24.0 Å². The molecule has 3 rings (SSSR count). The molecule has 7 heteroatoms. The lowest BCUT2D eigenvalue weighted by Gasteiger charge is -2.24. The maximum absolute atomic E-state index is 5.44. The standard InChI is InChI=1S/C17H25N5O.HI/c1-18-17(22(2)11-13-8-10-23-12-13)19-9-7-16-20-14-5-3-4-6-15(14)21-16;/h3-6,13H,7-12H2,1-2H3,(H,18,19)(H,20,21);1H. The summed E-state index contributed by atoms with van der Waals surface area (Å²) in [5.74, 6) is 2.53. The van der Waals surface area contributed by atoms with Crippen LogP contribution < -0.4 is 5.32 Å². The normalized spacial score (nSPS) is 17.8. The maximum Gasteiger partial charge on any atom is 0.193 e. The van der Waals surface area contributed by atoms with Crippen LogP contribution in [0.15, 0.2) is 29.3 Å². The highest BCUT2D eigenvalue weighted by Crippen LogP contribution is 2.13. The molecule has 1 saturated heterocycles. The Morgan fingerprint density at radius 2 is 2.29 bits per heavy atom. The van der Waals surface area contributed by atoms with Crippen molar-refractivity contribution in [1.29, 1.82) is 0 Å². The van der Waals surface area contributed by atoms with Crippen LogP contribution in [0.5, 0.6) is 0 Å². The molecule has 6 nitrogen and oxygen atoms in total. The Morgan fingerprint density at radius 3 is 3.00 bits per heavy atom. The van der Waals surface area contributed by atoms with Crippen LogP contribution in [-0.2, 0) is 11.2 Å². The molecule has 1 unspecified atom stereocenters. The summed E-state index contributed by atoms with van der Waals surface area (Å²) in [6, 6.07) is 8.11. The van der Waals surface area contributed by atoms with Gasteiger partial charge >= 0.3 is 0 Å². The number of fused-ring (bicyclic) bond motifs is 1. The summed E-state index contributed by atoms with van der Waals surface area (Å²) < 4.78 is 5.44. The number of guanidine groups is 1. The van der Waals surface area contributed by atoms with Crippen LogP contribution in [-0.4, -0.2) is 61.2 Å². The number of imidazole rings is 1. The van der Waals surface area contributed by atoms with Gasteiger partial charge in [-0.1, -0.05) is 12.1 Å². The zero-order valence-corrected chi connectivity index (χ0v) is 16.6. The Balaban J connectivity index is 0.00000208. The van der Waals surface area contributed by atoms with Gasteiger partial charge < -0.3 is 19.9 Å². The highest BCUT2D eigenvalue weighted by molar-refractivity contribution is 14.0. The first-order valence-corrected chi connectivity index (χ1v) is 8.19. The van der Waals surface area contributed by atoms with E-state index in [0.29, 0.717) is 5.92 Å². The molecule has 0 aliphatic carbocycles. The van der Waals surface area contributed by atoms with Gasteiger partial charge in [0.15, 0.2) is 5.96 Å². The average Bonchev–Trinajstić information content (AvgIpc) is 3.20. The lowest BCUT2D eigenvalue weighted by atomic mass is 10.1. The van der Waals surface area contributed by atoms with Crippen molar-refractivity contribution >= 4 is 41.0 Å². The lowest BCUT2D eigenvalue weighted by Crippen LogP contribution is -2.42. The van der Waals surface area contributed by atoms with Crippen molar-refractivity contribution in [3.8, 4) is 0 Å². The molecular formula is C17H26IN5O. The van der Waals surface area contributed by atoms with E-state index in [1.54, 1.807) is 0 Å². The summed E-state index contributed by atoms with van der Waals surface area (Å²) in [7, 11) is 3.90. The number of aliphatic imine (C=N–C) groups is 1. The number of rotatable bonds is 5. The molecule has 1 fully saturated rings. The molecule has 2 N–H and O–H groups in total. The smallest absolute Gasteiger partial charge is 0.193 e. The Kier molecular flexibility index (Phi) is 7.29. The van der Waals surface area contributed by atoms with E-state index in [2.05, 4.69) is 38.3 Å². The second-order valence-electron chi connectivity index (χ2n) is 6.03. The molecule has 1 aliphatic heterocycles. The second kappa shape index (κ2) is 9.22. The van der Waals surface area contributed by atoms with E-state index in [1.165, 1.54) is 0 Å². The minimum Gasteiger partial charge on any atom is -0.381 e. The quantitative estimate of drug-likeness (QED) is 0.423. The number of aromatic nitrogens is 2. The Hall–Kier alpha value is -1.35. The fourth-order valence-corrected chi connectivity index (χ4v) is 3.00. The fourth-order valence-electron chi connectivity index (χ4n) is 3.00. The summed E-state index contributed by atoms with van der Waals surface area (Å²) in [5, 5.41) is 3.41. The Labute approximate surface area is 160 Å². The van der Waals surface area contributed by atoms with E-state index in [9.17, 15) is 0 Å². The minimum absolute atomic E-state index is 0. The minimum atomic E-state index is 0. The van der Waals surface area contributed by atoms with Crippen LogP contribution >= 0.6 is 24.0 Å². The summed E-state index contributed by atoms with van der Waals surface area (Å²) in [6.07, 6.45) is 1.98. The van der Waals surface area contributed by atoms with Crippen LogP contribution in [0.1, 0.15) is 12.2 Å². The van der Waals surface area contributed by atoms with E-state index < -0.39 is 0 Å². The maximum atomic E-state index is 5.44. The first-order chi connectivity index (χ1) is 11.3. The third kappa shape index (κ3) is 4.83. The third-order valence-corrected chi connectivity index (χ3v) is 4.21. The number of ether oxygens (including phenoxy) is 1. The van der Waals surface area contributed by atoms with Crippen LogP contribution in [0.25, 0.3) is 11.0 Å². The Morgan fingerprint density at radius 1 is 1.46 bits per heavy atom. The lowest BCUT2D eigenvalue weighted by molar-refractivity contribution is 0.181. The van der Waals surface area contributed by atoms with Crippen molar-refractivity contribution in [3.05, 3.63) is 30.1 Å². The van der Waals surface area contributed by atoms with Gasteiger partial charge in [0.1, 0.15) is 5.82 Å². The topological polar surface area (TPSA) is 65.5 Å². The van der Waals surface area contributed by atoms with Crippen molar-refractivity contribution in [3.63, 3.8) is 0 Å². The zero-order valence-electron chi connectivity index (χ0n) is 14.3. The van der Waals surface area contributed by atoms with Crippen molar-refractivity contribution in [2.45, 2.75) is 12.8 Å². The number of hydrogen-bond acceptors (Lipinski definition) is 3. The molecule has 0 spiro atoms. The number of nitrogens with one attached hydrogen (secondary N) is 2. The van der Waals surface area contributed by atoms with Gasteiger partial charge in [-0.05, 0) is 18.6 Å². The van der Waals surface area contributed by atoms with Crippen LogP contribution in [0.2, 0.25) is 0 Å². The molecule has 2 aromatic rings. The molecule has 0 radical (unpaired) electrons. The van der Waals surface area contributed by atoms with Gasteiger partial charge in [-0.25, -0.2) is 4.98 Å². The predicted molar refractivity (Wildman–Crippen MR) is 108 cm³/mol. The van der Waals surface area contributed by atoms with Gasteiger partial charge in [0.25, 0.3) is 0 Å². The number of benzene rings is 1. The summed E-state index contributed by atoms with van der Waals surface area (Å²) in [5.41, 5.74) is 2.11. The van der Waals surface area contributed by atoms with Crippen LogP contribution in [0.3, 0.4) is 0 Å². The highest BCUT2D eigenvalue weighted by Gasteiger charge is 2.18. The number of aromatic amines is 1. The van der Waals surface area contributed by atoms with Crippen molar-refractivity contribution < 1.29 is 4.74 Å². The van der Waals surface area contributed by atoms with Gasteiger partial charge in [0, 0.05) is 46.1 Å². The number of hydrogen-bond donors (Lipinski definition) is 2. The Bertz CT molecular complexity index is 633. The fraction of sp³-hybridized carbons (Fsp3) is 0.529. The van der Waals surface area contributed by atoms with E-state index in [4.69, 9.17) is 4.74 Å². The molecule has 1 aromatic heterocycles. The van der Waals surface area contributed by atoms with Crippen LogP contribution in [0.4, 0.5) is 0 Å². The number of halogens is 1. The molecule has 0 amide bonds. The van der Waals surface area contributed by atoms with E-state index in [0.717, 1.165) is 62.0 Å². The third-order valence-electron chi connectivity index (χ3n) is 4.21. The predicted octanol–water partition coefficient (Wildman–Crippen LogP) is 2.27. The number of H-pyrrole nitrogens is 1. The van der Waals surface area contributed by atoms with E-state index in [-0.39, 0.29) is 24.0 Å². The van der Waals surface area contributed by atoms with Crippen molar-refractivity contribution in [1.82, 2.24) is 20.2 Å². The first kappa shape index (κ1) is 19.0. The van der Waals surface area contributed by atoms with Crippen molar-refractivity contribution in [2.75, 3.05) is 40.4 Å². The monoisotopic (exact) mass is 443 g/mol. The highest BCUT2D eigenvalue weighted by atomic mass is 127. The molecule has 0 saturated carbocycles. The summed E-state index contributed by atoms with van der Waals surface area (Å²) >= 11 is 0. The van der Waals surface area contributed by atoms with Crippen LogP contribution in [0, 0.1) is 5.92 Å². The molecule has 1 atom stereocenters. The molecule has 2 heterocycles. The molecule has 0 bridgehead atoms. The molecule has 24 heavy (non-hydrogen) atoms. The molecule has 1 aliphatic rings. The molecule has 1 aromatic carbocycles. The van der Waals surface area contributed by atoms with Gasteiger partial charge in [-0.2, -0.15) is 0 Å². The summed E-state index contributed by atoms with van der Waals surface area (Å²) in [6.45, 7) is 3.53.